The van der Waals surface area contributed by atoms with Gasteiger partial charge in [0.05, 0.1) is 12.6 Å². The van der Waals surface area contributed by atoms with Crippen LogP contribution < -0.4 is 27.4 Å². The molecule has 0 bridgehead atoms. The van der Waals surface area contributed by atoms with E-state index in [4.69, 9.17) is 11.5 Å². The average Bonchev–Trinajstić information content (AvgIpc) is 2.73. The minimum Gasteiger partial charge on any atom is -0.480 e. The molecule has 0 aromatic heterocycles. The number of hydrogen-bond donors (Lipinski definition) is 8. The summed E-state index contributed by atoms with van der Waals surface area (Å²) in [5.74, 6) is -3.58. The maximum atomic E-state index is 12.7. The number of aliphatic hydroxyl groups is 1. The molecule has 5 atom stereocenters. The number of thiol groups is 1. The van der Waals surface area contributed by atoms with Crippen LogP contribution in [0.25, 0.3) is 0 Å². The average molecular weight is 450 g/mol. The molecule has 0 radical (unpaired) electrons. The third-order valence-electron chi connectivity index (χ3n) is 4.71. The molecule has 0 aliphatic carbocycles. The molecule has 0 saturated heterocycles. The summed E-state index contributed by atoms with van der Waals surface area (Å²) in [6.45, 7) is 3.18. The van der Waals surface area contributed by atoms with Crippen molar-refractivity contribution in [3.8, 4) is 0 Å². The van der Waals surface area contributed by atoms with Crippen molar-refractivity contribution in [2.24, 2.45) is 17.4 Å². The Morgan fingerprint density at radius 1 is 1.00 bits per heavy atom. The smallest absolute Gasteiger partial charge is 0.326 e. The first-order chi connectivity index (χ1) is 14.1. The quantitative estimate of drug-likeness (QED) is 0.103. The number of carboxylic acid groups (broad SMARTS) is 1. The molecule has 174 valence electrons. The van der Waals surface area contributed by atoms with Crippen molar-refractivity contribution in [2.45, 2.75) is 63.7 Å². The van der Waals surface area contributed by atoms with Crippen molar-refractivity contribution in [1.82, 2.24) is 16.0 Å². The van der Waals surface area contributed by atoms with Crippen LogP contribution in [-0.2, 0) is 19.2 Å². The van der Waals surface area contributed by atoms with Crippen LogP contribution >= 0.6 is 12.6 Å². The number of rotatable bonds is 15. The molecule has 0 fully saturated rings. The lowest BCUT2D eigenvalue weighted by molar-refractivity contribution is -0.144. The molecule has 0 aliphatic rings. The molecular weight excluding hydrogens is 414 g/mol. The maximum absolute atomic E-state index is 12.7. The van der Waals surface area contributed by atoms with Crippen LogP contribution in [0.2, 0.25) is 0 Å². The molecule has 12 heteroatoms. The second-order valence-corrected chi connectivity index (χ2v) is 7.45. The number of hydrogen-bond acceptors (Lipinski definition) is 8. The Labute approximate surface area is 182 Å². The molecule has 5 unspecified atom stereocenters. The van der Waals surface area contributed by atoms with E-state index in [-0.39, 0.29) is 18.1 Å². The number of carbonyl (C=O) groups is 4. The summed E-state index contributed by atoms with van der Waals surface area (Å²) in [6, 6.07) is -4.46. The van der Waals surface area contributed by atoms with Gasteiger partial charge in [0.15, 0.2) is 0 Å². The second-order valence-electron chi connectivity index (χ2n) is 7.09. The second kappa shape index (κ2) is 15.0. The monoisotopic (exact) mass is 449 g/mol. The van der Waals surface area contributed by atoms with Gasteiger partial charge in [0.1, 0.15) is 18.1 Å². The lowest BCUT2D eigenvalue weighted by atomic mass is 9.98. The third-order valence-corrected chi connectivity index (χ3v) is 5.10. The fourth-order valence-corrected chi connectivity index (χ4v) is 2.69. The number of amides is 3. The molecule has 0 spiro atoms. The largest absolute Gasteiger partial charge is 0.480 e. The zero-order valence-corrected chi connectivity index (χ0v) is 18.4. The van der Waals surface area contributed by atoms with Gasteiger partial charge in [-0.05, 0) is 31.7 Å². The number of nitrogens with one attached hydrogen (secondary N) is 3. The molecule has 0 rings (SSSR count). The van der Waals surface area contributed by atoms with Gasteiger partial charge in [0.25, 0.3) is 0 Å². The van der Waals surface area contributed by atoms with Crippen LogP contribution in [-0.4, -0.2) is 77.0 Å². The Hall–Kier alpha value is -1.89. The van der Waals surface area contributed by atoms with Gasteiger partial charge in [-0.25, -0.2) is 4.79 Å². The SMILES string of the molecule is CCC(C)C(NC(=O)C(CCCCN)NC(=O)C(CO)NC(=O)C(N)CS)C(=O)O. The third kappa shape index (κ3) is 9.74. The van der Waals surface area contributed by atoms with E-state index in [1.807, 2.05) is 0 Å². The van der Waals surface area contributed by atoms with Crippen LogP contribution in [0.3, 0.4) is 0 Å². The van der Waals surface area contributed by atoms with Crippen LogP contribution in [0.1, 0.15) is 39.5 Å². The highest BCUT2D eigenvalue weighted by Crippen LogP contribution is 2.10. The van der Waals surface area contributed by atoms with Crippen molar-refractivity contribution in [3.63, 3.8) is 0 Å². The van der Waals surface area contributed by atoms with Crippen LogP contribution in [0, 0.1) is 5.92 Å². The van der Waals surface area contributed by atoms with Crippen molar-refractivity contribution in [1.29, 1.82) is 0 Å². The van der Waals surface area contributed by atoms with E-state index in [1.54, 1.807) is 13.8 Å². The van der Waals surface area contributed by atoms with E-state index in [0.29, 0.717) is 25.8 Å². The first kappa shape index (κ1) is 28.1. The van der Waals surface area contributed by atoms with Crippen LogP contribution in [0.5, 0.6) is 0 Å². The van der Waals surface area contributed by atoms with Gasteiger partial charge < -0.3 is 37.6 Å². The van der Waals surface area contributed by atoms with Crippen molar-refractivity contribution >= 4 is 36.3 Å². The number of carboxylic acids is 1. The maximum Gasteiger partial charge on any atom is 0.326 e. The van der Waals surface area contributed by atoms with E-state index in [2.05, 4.69) is 28.6 Å². The zero-order chi connectivity index (χ0) is 23.3. The van der Waals surface area contributed by atoms with Gasteiger partial charge in [-0.15, -0.1) is 0 Å². The summed E-state index contributed by atoms with van der Waals surface area (Å²) in [7, 11) is 0. The number of unbranched alkanes of at least 4 members (excludes halogenated alkanes) is 1. The number of carbonyl (C=O) groups excluding carboxylic acids is 3. The number of nitrogens with two attached hydrogens (primary N) is 2. The number of aliphatic hydroxyl groups excluding tert-OH is 1. The Morgan fingerprint density at radius 3 is 2.03 bits per heavy atom. The lowest BCUT2D eigenvalue weighted by Crippen LogP contribution is -2.58. The van der Waals surface area contributed by atoms with E-state index in [1.165, 1.54) is 0 Å². The topological polar surface area (TPSA) is 197 Å². The Kier molecular flexibility index (Phi) is 14.0. The summed E-state index contributed by atoms with van der Waals surface area (Å²) < 4.78 is 0. The van der Waals surface area contributed by atoms with Gasteiger partial charge in [-0.1, -0.05) is 20.3 Å². The highest BCUT2D eigenvalue weighted by Gasteiger charge is 2.31. The molecule has 0 aliphatic heterocycles. The minimum atomic E-state index is -1.32. The molecule has 0 saturated carbocycles. The fourth-order valence-electron chi connectivity index (χ4n) is 2.53. The summed E-state index contributed by atoms with van der Waals surface area (Å²) in [4.78, 5) is 48.6. The highest BCUT2D eigenvalue weighted by molar-refractivity contribution is 7.80. The van der Waals surface area contributed by atoms with Crippen molar-refractivity contribution in [2.75, 3.05) is 18.9 Å². The minimum absolute atomic E-state index is 0.0436. The predicted octanol–water partition coefficient (Wildman–Crippen LogP) is -2.05. The standard InChI is InChI=1S/C18H35N5O6S/c1-3-10(2)14(18(28)29)23-16(26)12(6-4-5-7-19)21-17(27)13(8-24)22-15(25)11(20)9-30/h10-14,24,30H,3-9,19-20H2,1-2H3,(H,21,27)(H,22,25)(H,23,26)(H,28,29). The van der Waals surface area contributed by atoms with E-state index < -0.39 is 54.5 Å². The molecular formula is C18H35N5O6S. The highest BCUT2D eigenvalue weighted by atomic mass is 32.1. The Bertz CT molecular complexity index is 579. The fraction of sp³-hybridized carbons (Fsp3) is 0.778. The zero-order valence-electron chi connectivity index (χ0n) is 17.5. The lowest BCUT2D eigenvalue weighted by Gasteiger charge is -2.26. The van der Waals surface area contributed by atoms with Gasteiger partial charge in [0.2, 0.25) is 17.7 Å². The van der Waals surface area contributed by atoms with Gasteiger partial charge in [-0.3, -0.25) is 14.4 Å². The predicted molar refractivity (Wildman–Crippen MR) is 115 cm³/mol. The van der Waals surface area contributed by atoms with Crippen LogP contribution in [0.15, 0.2) is 0 Å². The van der Waals surface area contributed by atoms with Gasteiger partial charge in [-0.2, -0.15) is 12.6 Å². The number of aliphatic carboxylic acids is 1. The van der Waals surface area contributed by atoms with Gasteiger partial charge in [0, 0.05) is 5.75 Å². The van der Waals surface area contributed by atoms with E-state index in [9.17, 15) is 29.4 Å². The molecule has 11 nitrogen and oxygen atoms in total. The first-order valence-electron chi connectivity index (χ1n) is 9.94. The molecule has 3 amide bonds. The van der Waals surface area contributed by atoms with Crippen molar-refractivity contribution in [3.05, 3.63) is 0 Å². The molecule has 0 aromatic rings. The molecule has 0 aromatic carbocycles. The van der Waals surface area contributed by atoms with Gasteiger partial charge >= 0.3 is 5.97 Å². The summed E-state index contributed by atoms with van der Waals surface area (Å²) in [6.07, 6.45) is 1.86. The molecule has 0 heterocycles. The molecule has 9 N–H and O–H groups in total. The van der Waals surface area contributed by atoms with E-state index in [0.717, 1.165) is 0 Å². The first-order valence-corrected chi connectivity index (χ1v) is 10.6. The Morgan fingerprint density at radius 2 is 1.57 bits per heavy atom. The van der Waals surface area contributed by atoms with E-state index >= 15 is 0 Å². The summed E-state index contributed by atoms with van der Waals surface area (Å²) in [5.41, 5.74) is 11.0. The summed E-state index contributed by atoms with van der Waals surface area (Å²) in [5, 5.41) is 26.1. The normalized spacial score (nSPS) is 15.9. The van der Waals surface area contributed by atoms with Crippen molar-refractivity contribution < 1.29 is 29.4 Å². The summed E-state index contributed by atoms with van der Waals surface area (Å²) >= 11 is 3.90. The van der Waals surface area contributed by atoms with Crippen LogP contribution in [0.4, 0.5) is 0 Å². The Balaban J connectivity index is 5.29. The molecule has 30 heavy (non-hydrogen) atoms.